The van der Waals surface area contributed by atoms with Gasteiger partial charge in [0, 0.05) is 75.3 Å². The highest BCUT2D eigenvalue weighted by atomic mass is 32.2. The first kappa shape index (κ1) is 48.3. The first-order valence-electron chi connectivity index (χ1n) is 24.4. The van der Waals surface area contributed by atoms with Crippen LogP contribution in [-0.2, 0) is 14.8 Å². The Kier molecular flexibility index (Phi) is 13.9. The van der Waals surface area contributed by atoms with Gasteiger partial charge in [-0.3, -0.25) is 19.8 Å². The highest BCUT2D eigenvalue weighted by Gasteiger charge is 2.49. The van der Waals surface area contributed by atoms with Crippen molar-refractivity contribution in [2.24, 2.45) is 11.3 Å². The van der Waals surface area contributed by atoms with Crippen LogP contribution in [0, 0.1) is 21.4 Å². The number of hydrogen-bond acceptors (Lipinski definition) is 13. The number of rotatable bonds is 17. The fourth-order valence-corrected chi connectivity index (χ4v) is 12.1. The third-order valence-electron chi connectivity index (χ3n) is 15.1. The number of benzene rings is 3. The first-order chi connectivity index (χ1) is 33.1. The van der Waals surface area contributed by atoms with Crippen LogP contribution < -0.4 is 24.4 Å². The number of aromatic amines is 1. The van der Waals surface area contributed by atoms with E-state index in [9.17, 15) is 28.4 Å². The van der Waals surface area contributed by atoms with E-state index in [4.69, 9.17) is 14.2 Å². The van der Waals surface area contributed by atoms with Gasteiger partial charge in [0.1, 0.15) is 23.7 Å². The second-order valence-electron chi connectivity index (χ2n) is 20.3. The molecule has 2 aliphatic heterocycles. The number of carbonyl (C=O) groups is 1. The van der Waals surface area contributed by atoms with Crippen molar-refractivity contribution >= 4 is 44.0 Å². The van der Waals surface area contributed by atoms with Crippen LogP contribution in [0.1, 0.15) is 112 Å². The predicted octanol–water partition coefficient (Wildman–Crippen LogP) is 9.12. The normalized spacial score (nSPS) is 22.7. The minimum absolute atomic E-state index is 0.0762. The maximum absolute atomic E-state index is 14.2. The number of nitrogens with zero attached hydrogens (tertiary/aromatic N) is 4. The lowest BCUT2D eigenvalue weighted by molar-refractivity contribution is -0.384. The summed E-state index contributed by atoms with van der Waals surface area (Å²) in [5.41, 5.74) is 3.52. The number of nitro groups is 1. The molecule has 5 aromatic rings. The minimum atomic E-state index is -4.62. The Labute approximate surface area is 404 Å². The van der Waals surface area contributed by atoms with Gasteiger partial charge in [-0.15, -0.1) is 0 Å². The van der Waals surface area contributed by atoms with Crippen molar-refractivity contribution in [2.45, 2.75) is 107 Å². The molecule has 0 bridgehead atoms. The number of sulfonamides is 1. The zero-order valence-corrected chi connectivity index (χ0v) is 40.9. The molecule has 69 heavy (non-hydrogen) atoms. The van der Waals surface area contributed by atoms with Gasteiger partial charge in [-0.05, 0) is 129 Å². The molecule has 2 aromatic heterocycles. The second kappa shape index (κ2) is 19.9. The van der Waals surface area contributed by atoms with E-state index in [2.05, 4.69) is 67.9 Å². The van der Waals surface area contributed by atoms with Crippen LogP contribution in [-0.4, -0.2) is 104 Å². The van der Waals surface area contributed by atoms with Gasteiger partial charge in [0.05, 0.1) is 27.6 Å². The molecule has 4 heterocycles. The molecule has 2 atom stereocenters. The summed E-state index contributed by atoms with van der Waals surface area (Å²) >= 11 is 0. The van der Waals surface area contributed by atoms with Gasteiger partial charge < -0.3 is 34.5 Å². The van der Waals surface area contributed by atoms with E-state index in [1.807, 2.05) is 13.0 Å². The number of nitro benzene ring substituents is 1. The number of piperidine rings is 1. The molecule has 2 saturated heterocycles. The number of carbonyl (C=O) groups excluding carboxylic acids is 1. The van der Waals surface area contributed by atoms with Crippen LogP contribution in [0.3, 0.4) is 0 Å². The molecule has 1 spiro atoms. The Hall–Kier alpha value is -5.75. The van der Waals surface area contributed by atoms with E-state index in [0.29, 0.717) is 42.9 Å². The van der Waals surface area contributed by atoms with Crippen LogP contribution in [0.5, 0.6) is 17.4 Å². The van der Waals surface area contributed by atoms with Crippen molar-refractivity contribution < 1.29 is 37.5 Å². The Bertz CT molecular complexity index is 2770. The van der Waals surface area contributed by atoms with Crippen molar-refractivity contribution in [1.29, 1.82) is 0 Å². The fourth-order valence-electron chi connectivity index (χ4n) is 11.1. The van der Waals surface area contributed by atoms with Gasteiger partial charge >= 0.3 is 0 Å². The number of ether oxygens (including phenoxy) is 3. The number of methoxy groups -OCH3 is 1. The SMILES string of the molecule is COCCOc1nc2[nH]ccc2cc1Oc1cc(N2CCC3(CC2)CN([C@H]2CCC[C@@H]2c2ccccc2C(C)C)C3)ccc1C(=O)NS(=O)(=O)c1ccc(NCC2CCC(C)(O)CC2)c([N+](=O)[O-])c1. The summed E-state index contributed by atoms with van der Waals surface area (Å²) in [6, 6.07) is 21.8. The van der Waals surface area contributed by atoms with E-state index in [1.54, 1.807) is 37.6 Å². The molecular formula is C52H65N7O9S. The summed E-state index contributed by atoms with van der Waals surface area (Å²) in [7, 11) is -3.06. The summed E-state index contributed by atoms with van der Waals surface area (Å²) < 4.78 is 47.7. The summed E-state index contributed by atoms with van der Waals surface area (Å²) in [4.78, 5) is 38.1. The predicted molar refractivity (Wildman–Crippen MR) is 265 cm³/mol. The molecule has 368 valence electrons. The van der Waals surface area contributed by atoms with Gasteiger partial charge in [0.15, 0.2) is 5.75 Å². The molecule has 2 saturated carbocycles. The topological polar surface area (TPSA) is 201 Å². The molecule has 3 aromatic carbocycles. The van der Waals surface area contributed by atoms with Crippen LogP contribution in [0.2, 0.25) is 0 Å². The Balaban J connectivity index is 0.934. The maximum Gasteiger partial charge on any atom is 0.293 e. The summed E-state index contributed by atoms with van der Waals surface area (Å²) in [6.07, 6.45) is 10.2. The third kappa shape index (κ3) is 10.6. The molecule has 4 aliphatic rings. The number of anilines is 2. The summed E-state index contributed by atoms with van der Waals surface area (Å²) in [5, 5.41) is 26.4. The number of amides is 1. The molecule has 9 rings (SSSR count). The smallest absolute Gasteiger partial charge is 0.293 e. The first-order valence-corrected chi connectivity index (χ1v) is 25.9. The minimum Gasteiger partial charge on any atom is -0.473 e. The van der Waals surface area contributed by atoms with Crippen LogP contribution in [0.4, 0.5) is 17.1 Å². The lowest BCUT2D eigenvalue weighted by Crippen LogP contribution is -2.63. The zero-order valence-electron chi connectivity index (χ0n) is 40.0. The van der Waals surface area contributed by atoms with E-state index in [-0.39, 0.29) is 53.2 Å². The number of fused-ring (bicyclic) bond motifs is 1. The quantitative estimate of drug-likeness (QED) is 0.0391. The Morgan fingerprint density at radius 2 is 1.74 bits per heavy atom. The monoisotopic (exact) mass is 963 g/mol. The molecule has 2 aliphatic carbocycles. The van der Waals surface area contributed by atoms with Gasteiger partial charge in [0.25, 0.3) is 27.5 Å². The van der Waals surface area contributed by atoms with Crippen LogP contribution in [0.15, 0.2) is 83.9 Å². The van der Waals surface area contributed by atoms with Gasteiger partial charge in [-0.2, -0.15) is 4.98 Å². The molecule has 4 fully saturated rings. The molecule has 4 N–H and O–H groups in total. The molecule has 17 heteroatoms. The van der Waals surface area contributed by atoms with E-state index >= 15 is 0 Å². The number of pyridine rings is 1. The second-order valence-corrected chi connectivity index (χ2v) is 22.0. The van der Waals surface area contributed by atoms with Crippen molar-refractivity contribution in [3.63, 3.8) is 0 Å². The lowest BCUT2D eigenvalue weighted by Gasteiger charge is -2.57. The van der Waals surface area contributed by atoms with Crippen molar-refractivity contribution in [2.75, 3.05) is 63.3 Å². The molecule has 0 radical (unpaired) electrons. The number of aromatic nitrogens is 2. The largest absolute Gasteiger partial charge is 0.473 e. The van der Waals surface area contributed by atoms with Crippen molar-refractivity contribution in [3.05, 3.63) is 106 Å². The van der Waals surface area contributed by atoms with E-state index < -0.39 is 37.0 Å². The number of nitrogens with one attached hydrogen (secondary N) is 3. The summed E-state index contributed by atoms with van der Waals surface area (Å²) in [5.74, 6) is 0.685. The zero-order chi connectivity index (χ0) is 48.5. The van der Waals surface area contributed by atoms with E-state index in [0.717, 1.165) is 69.0 Å². The number of hydrogen-bond donors (Lipinski definition) is 4. The number of likely N-dealkylation sites (tertiary alicyclic amines) is 1. The third-order valence-corrected chi connectivity index (χ3v) is 16.5. The van der Waals surface area contributed by atoms with Crippen molar-refractivity contribution in [3.8, 4) is 17.4 Å². The molecule has 16 nitrogen and oxygen atoms in total. The highest BCUT2D eigenvalue weighted by Crippen LogP contribution is 2.49. The van der Waals surface area contributed by atoms with Crippen molar-refractivity contribution in [1.82, 2.24) is 19.6 Å². The number of aliphatic hydroxyl groups is 1. The Morgan fingerprint density at radius 3 is 2.48 bits per heavy atom. The van der Waals surface area contributed by atoms with Gasteiger partial charge in [-0.25, -0.2) is 13.1 Å². The van der Waals surface area contributed by atoms with E-state index in [1.165, 1.54) is 42.5 Å². The highest BCUT2D eigenvalue weighted by molar-refractivity contribution is 7.90. The van der Waals surface area contributed by atoms with Gasteiger partial charge in [0.2, 0.25) is 0 Å². The average Bonchev–Trinajstić information content (AvgIpc) is 4.00. The molecular weight excluding hydrogens is 899 g/mol. The van der Waals surface area contributed by atoms with Gasteiger partial charge in [-0.1, -0.05) is 44.5 Å². The Morgan fingerprint density at radius 1 is 0.971 bits per heavy atom. The fraction of sp³-hybridized carbons (Fsp3) is 0.500. The maximum atomic E-state index is 14.2. The van der Waals surface area contributed by atoms with Crippen LogP contribution >= 0.6 is 0 Å². The molecule has 1 amide bonds. The summed E-state index contributed by atoms with van der Waals surface area (Å²) in [6.45, 7) is 11.0. The number of H-pyrrole nitrogens is 1. The standard InChI is InChI=1S/C52H65N7O9S/c1-34(2)39-8-5-6-9-40(39)41-10-7-11-44(41)58-32-52(33-58)21-24-57(25-22-52)37-12-14-42(46(29-37)68-47-28-36-18-23-53-48(36)55-50(47)67-27-26-66-4)49(60)56-69(64,65)38-13-15-43(45(30-38)59(62)63)54-31-35-16-19-51(3,61)20-17-35/h5-6,8-9,12-15,18,23,28-30,34-35,41,44,54,61H,7,10-11,16-17,19-22,24-27,31-33H2,1-4H3,(H,53,55)(H,56,60)/t35?,41-,44+,51?/m1/s1. The molecule has 0 unspecified atom stereocenters. The average molecular weight is 964 g/mol. The van der Waals surface area contributed by atoms with Crippen LogP contribution in [0.25, 0.3) is 11.0 Å². The lowest BCUT2D eigenvalue weighted by atomic mass is 9.70.